The molecule has 0 fully saturated rings. The molecule has 2 amide bonds. The predicted molar refractivity (Wildman–Crippen MR) is 141 cm³/mol. The van der Waals surface area contributed by atoms with Crippen molar-refractivity contribution in [2.45, 2.75) is 31.8 Å². The zero-order chi connectivity index (χ0) is 25.1. The molecule has 5 rings (SSSR count). The summed E-state index contributed by atoms with van der Waals surface area (Å²) in [5.74, 6) is -0.383. The van der Waals surface area contributed by atoms with Gasteiger partial charge in [0.05, 0.1) is 11.9 Å². The van der Waals surface area contributed by atoms with Crippen LogP contribution in [0.25, 0.3) is 11.1 Å². The van der Waals surface area contributed by atoms with Gasteiger partial charge < -0.3 is 10.2 Å². The van der Waals surface area contributed by atoms with Crippen LogP contribution in [-0.2, 0) is 19.4 Å². The third kappa shape index (κ3) is 5.37. The van der Waals surface area contributed by atoms with E-state index in [9.17, 15) is 9.59 Å². The molecule has 1 aliphatic carbocycles. The minimum atomic E-state index is -0.203. The van der Waals surface area contributed by atoms with Gasteiger partial charge in [-0.3, -0.25) is 20.0 Å². The zero-order valence-electron chi connectivity index (χ0n) is 20.2. The van der Waals surface area contributed by atoms with Crippen LogP contribution >= 0.6 is 11.3 Å². The van der Waals surface area contributed by atoms with Crippen LogP contribution in [0, 0.1) is 0 Å². The van der Waals surface area contributed by atoms with Crippen LogP contribution in [0.3, 0.4) is 0 Å². The minimum Gasteiger partial charge on any atom is -0.348 e. The number of benzene rings is 2. The Balaban J connectivity index is 1.21. The molecule has 2 aromatic heterocycles. The number of aromatic amines is 1. The number of hydrogen-bond acceptors (Lipinski definition) is 6. The van der Waals surface area contributed by atoms with Gasteiger partial charge >= 0.3 is 0 Å². The molecule has 9 heteroatoms. The Bertz CT molecular complexity index is 1380. The largest absolute Gasteiger partial charge is 0.348 e. The second-order valence-corrected chi connectivity index (χ2v) is 10.2. The monoisotopic (exact) mass is 500 g/mol. The first kappa shape index (κ1) is 23.9. The van der Waals surface area contributed by atoms with Gasteiger partial charge in [-0.25, -0.2) is 4.98 Å². The van der Waals surface area contributed by atoms with Gasteiger partial charge in [0.15, 0.2) is 5.13 Å². The first-order valence-corrected chi connectivity index (χ1v) is 12.7. The number of H-pyrrole nitrogens is 1. The molecule has 0 saturated carbocycles. The molecule has 1 atom stereocenters. The highest BCUT2D eigenvalue weighted by Gasteiger charge is 2.24. The normalized spacial score (nSPS) is 14.9. The second-order valence-electron chi connectivity index (χ2n) is 9.15. The van der Waals surface area contributed by atoms with Gasteiger partial charge in [-0.15, -0.1) is 11.3 Å². The Morgan fingerprint density at radius 1 is 1.08 bits per heavy atom. The summed E-state index contributed by atoms with van der Waals surface area (Å²) in [6.07, 6.45) is 6.49. The van der Waals surface area contributed by atoms with Gasteiger partial charge in [-0.2, -0.15) is 5.10 Å². The smallest absolute Gasteiger partial charge is 0.257 e. The Morgan fingerprint density at radius 2 is 1.89 bits per heavy atom. The van der Waals surface area contributed by atoms with Gasteiger partial charge in [-0.1, -0.05) is 24.3 Å². The number of thiazole rings is 1. The number of nitrogens with one attached hydrogen (secondary N) is 3. The van der Waals surface area contributed by atoms with Crippen LogP contribution in [0.1, 0.15) is 43.3 Å². The standard InChI is InChI=1S/C27H28N6O2S/c1-33(2)22-9-10-23-24(13-22)36-27(31-23)32-26(35)19-7-3-5-17(11-19)14-28-25(34)20-8-4-6-18(12-20)21-15-29-30-16-21/h3-8,11-12,15-16,22H,9-10,13-14H2,1-2H3,(H,28,34)(H,29,30)(H,31,32,35)/t22-/m0/s1. The number of likely N-dealkylation sites (N-methyl/N-ethyl adjacent to an activating group) is 1. The molecule has 184 valence electrons. The quantitative estimate of drug-likeness (QED) is 0.354. The fourth-order valence-corrected chi connectivity index (χ4v) is 5.45. The number of aromatic nitrogens is 3. The number of carbonyl (C=O) groups excluding carboxylic acids is 2. The summed E-state index contributed by atoms with van der Waals surface area (Å²) in [5.41, 5.74) is 4.86. The van der Waals surface area contributed by atoms with E-state index in [0.717, 1.165) is 41.6 Å². The Labute approximate surface area is 213 Å². The molecule has 8 nitrogen and oxygen atoms in total. The van der Waals surface area contributed by atoms with Crippen molar-refractivity contribution in [2.24, 2.45) is 0 Å². The molecular formula is C27H28N6O2S. The molecule has 0 bridgehead atoms. The fraction of sp³-hybridized carbons (Fsp3) is 0.259. The number of anilines is 1. The third-order valence-electron chi connectivity index (χ3n) is 6.46. The zero-order valence-corrected chi connectivity index (χ0v) is 21.1. The van der Waals surface area contributed by atoms with Gasteiger partial charge in [-0.05, 0) is 68.8 Å². The molecule has 36 heavy (non-hydrogen) atoms. The molecule has 0 unspecified atom stereocenters. The van der Waals surface area contributed by atoms with Crippen LogP contribution in [0.5, 0.6) is 0 Å². The lowest BCUT2D eigenvalue weighted by Gasteiger charge is -2.27. The Kier molecular flexibility index (Phi) is 6.92. The maximum Gasteiger partial charge on any atom is 0.257 e. The van der Waals surface area contributed by atoms with Crippen LogP contribution in [0.4, 0.5) is 5.13 Å². The molecule has 2 heterocycles. The molecule has 4 aromatic rings. The van der Waals surface area contributed by atoms with Crippen molar-refractivity contribution in [1.82, 2.24) is 25.4 Å². The Hall–Kier alpha value is -3.82. The molecular weight excluding hydrogens is 472 g/mol. The van der Waals surface area contributed by atoms with E-state index in [-0.39, 0.29) is 11.8 Å². The highest BCUT2D eigenvalue weighted by atomic mass is 32.1. The number of nitrogens with zero attached hydrogens (tertiary/aromatic N) is 3. The van der Waals surface area contributed by atoms with Gasteiger partial charge in [0.1, 0.15) is 0 Å². The van der Waals surface area contributed by atoms with Crippen molar-refractivity contribution in [3.05, 3.63) is 88.2 Å². The van der Waals surface area contributed by atoms with Crippen molar-refractivity contribution >= 4 is 28.3 Å². The van der Waals surface area contributed by atoms with Gasteiger partial charge in [0, 0.05) is 40.4 Å². The lowest BCUT2D eigenvalue weighted by atomic mass is 9.97. The van der Waals surface area contributed by atoms with Crippen LogP contribution in [-0.4, -0.2) is 52.0 Å². The average Bonchev–Trinajstić information content (AvgIpc) is 3.57. The first-order valence-electron chi connectivity index (χ1n) is 11.9. The van der Waals surface area contributed by atoms with Crippen LogP contribution in [0.15, 0.2) is 60.9 Å². The molecule has 3 N–H and O–H groups in total. The lowest BCUT2D eigenvalue weighted by molar-refractivity contribution is 0.0950. The second kappa shape index (κ2) is 10.4. The SMILES string of the molecule is CN(C)[C@H]1CCc2nc(NC(=O)c3cccc(CNC(=O)c4cccc(-c5cn[nH]c5)c4)c3)sc2C1. The van der Waals surface area contributed by atoms with Crippen molar-refractivity contribution in [3.63, 3.8) is 0 Å². The number of amides is 2. The van der Waals surface area contributed by atoms with Gasteiger partial charge in [0.2, 0.25) is 0 Å². The Morgan fingerprint density at radius 3 is 2.67 bits per heavy atom. The third-order valence-corrected chi connectivity index (χ3v) is 7.50. The fourth-order valence-electron chi connectivity index (χ4n) is 4.38. The van der Waals surface area contributed by atoms with E-state index in [2.05, 4.69) is 44.8 Å². The van der Waals surface area contributed by atoms with E-state index in [1.807, 2.05) is 30.3 Å². The van der Waals surface area contributed by atoms with Crippen molar-refractivity contribution in [2.75, 3.05) is 19.4 Å². The maximum absolute atomic E-state index is 12.9. The average molecular weight is 501 g/mol. The summed E-state index contributed by atoms with van der Waals surface area (Å²) in [4.78, 5) is 33.8. The highest BCUT2D eigenvalue weighted by molar-refractivity contribution is 7.15. The van der Waals surface area contributed by atoms with Crippen LogP contribution < -0.4 is 10.6 Å². The number of hydrogen-bond donors (Lipinski definition) is 3. The summed E-state index contributed by atoms with van der Waals surface area (Å²) in [5, 5.41) is 13.3. The van der Waals surface area contributed by atoms with E-state index in [0.29, 0.717) is 28.8 Å². The summed E-state index contributed by atoms with van der Waals surface area (Å²) >= 11 is 1.56. The molecule has 1 aliphatic rings. The minimum absolute atomic E-state index is 0.181. The van der Waals surface area contributed by atoms with E-state index < -0.39 is 0 Å². The molecule has 0 spiro atoms. The predicted octanol–water partition coefficient (Wildman–Crippen LogP) is 4.13. The molecule has 0 radical (unpaired) electrons. The van der Waals surface area contributed by atoms with E-state index in [1.165, 1.54) is 4.88 Å². The summed E-state index contributed by atoms with van der Waals surface area (Å²) in [6, 6.07) is 15.2. The molecule has 0 aliphatic heterocycles. The summed E-state index contributed by atoms with van der Waals surface area (Å²) < 4.78 is 0. The number of carbonyl (C=O) groups is 2. The summed E-state index contributed by atoms with van der Waals surface area (Å²) in [7, 11) is 4.21. The van der Waals surface area contributed by atoms with Gasteiger partial charge in [0.25, 0.3) is 11.8 Å². The summed E-state index contributed by atoms with van der Waals surface area (Å²) in [6.45, 7) is 0.313. The number of rotatable bonds is 7. The van der Waals surface area contributed by atoms with Crippen molar-refractivity contribution in [3.8, 4) is 11.1 Å². The van der Waals surface area contributed by atoms with Crippen molar-refractivity contribution in [1.29, 1.82) is 0 Å². The van der Waals surface area contributed by atoms with E-state index in [1.54, 1.807) is 41.9 Å². The molecule has 0 saturated heterocycles. The lowest BCUT2D eigenvalue weighted by Crippen LogP contribution is -2.32. The molecule has 2 aromatic carbocycles. The van der Waals surface area contributed by atoms with Crippen LogP contribution in [0.2, 0.25) is 0 Å². The topological polar surface area (TPSA) is 103 Å². The highest BCUT2D eigenvalue weighted by Crippen LogP contribution is 2.31. The van der Waals surface area contributed by atoms with Crippen molar-refractivity contribution < 1.29 is 9.59 Å². The number of aryl methyl sites for hydroxylation is 1. The van der Waals surface area contributed by atoms with E-state index >= 15 is 0 Å². The maximum atomic E-state index is 12.9. The first-order chi connectivity index (χ1) is 17.5. The van der Waals surface area contributed by atoms with E-state index in [4.69, 9.17) is 0 Å². The number of fused-ring (bicyclic) bond motifs is 1.